The highest BCUT2D eigenvalue weighted by atomic mass is 14.6. The molecule has 1 nitrogen and oxygen atoms in total. The van der Waals surface area contributed by atoms with Gasteiger partial charge in [-0.1, -0.05) is 59.1 Å². The molecule has 0 aliphatic carbocycles. The van der Waals surface area contributed by atoms with Crippen LogP contribution in [-0.4, -0.2) is 4.98 Å². The monoisotopic (exact) mass is 325 g/mol. The Balaban J connectivity index is 0.000000307. The van der Waals surface area contributed by atoms with Gasteiger partial charge >= 0.3 is 0 Å². The van der Waals surface area contributed by atoms with Gasteiger partial charge in [-0.2, -0.15) is 0 Å². The summed E-state index contributed by atoms with van der Waals surface area (Å²) in [6, 6.07) is 8.89. The van der Waals surface area contributed by atoms with Crippen LogP contribution < -0.4 is 0 Å². The maximum absolute atomic E-state index is 4.50. The van der Waals surface area contributed by atoms with E-state index in [0.29, 0.717) is 5.41 Å². The maximum Gasteiger partial charge on any atom is 0.0702 e. The fourth-order valence-electron chi connectivity index (χ4n) is 3.00. The number of pyridine rings is 1. The fourth-order valence-corrected chi connectivity index (χ4v) is 3.00. The predicted molar refractivity (Wildman–Crippen MR) is 109 cm³/mol. The second kappa shape index (κ2) is 9.61. The molecule has 0 fully saturated rings. The van der Waals surface area contributed by atoms with Crippen molar-refractivity contribution in [2.75, 3.05) is 0 Å². The van der Waals surface area contributed by atoms with E-state index in [-0.39, 0.29) is 0 Å². The van der Waals surface area contributed by atoms with Gasteiger partial charge < -0.3 is 0 Å². The zero-order chi connectivity index (χ0) is 18.2. The first-order valence-corrected chi connectivity index (χ1v) is 9.27. The summed E-state index contributed by atoms with van der Waals surface area (Å²) in [6.07, 6.45) is 7.81. The zero-order valence-electron chi connectivity index (χ0n) is 16.6. The first kappa shape index (κ1) is 20.4. The summed E-state index contributed by atoms with van der Waals surface area (Å²) in [5.41, 5.74) is 5.58. The Hall–Kier alpha value is -1.63. The number of nitrogens with zero attached hydrogens (tertiary/aromatic N) is 1. The number of hydrogen-bond donors (Lipinski definition) is 0. The lowest BCUT2D eigenvalue weighted by Crippen LogP contribution is -2.03. The zero-order valence-corrected chi connectivity index (χ0v) is 16.6. The minimum Gasteiger partial charge on any atom is -0.256 e. The molecule has 0 N–H and O–H groups in total. The number of aryl methyl sites for hydroxylation is 2. The van der Waals surface area contributed by atoms with Crippen LogP contribution in [0.5, 0.6) is 0 Å². The van der Waals surface area contributed by atoms with Crippen LogP contribution in [0.4, 0.5) is 0 Å². The first-order chi connectivity index (χ1) is 11.2. The molecule has 2 aromatic rings. The average molecular weight is 326 g/mol. The van der Waals surface area contributed by atoms with Gasteiger partial charge in [-0.3, -0.25) is 4.98 Å². The summed E-state index contributed by atoms with van der Waals surface area (Å²) in [7, 11) is 0. The Labute approximate surface area is 149 Å². The molecule has 1 aromatic heterocycles. The lowest BCUT2D eigenvalue weighted by Gasteiger charge is -2.17. The van der Waals surface area contributed by atoms with Crippen LogP contribution in [0.3, 0.4) is 0 Å². The quantitative estimate of drug-likeness (QED) is 0.532. The summed E-state index contributed by atoms with van der Waals surface area (Å²) in [5.74, 6) is 0. The van der Waals surface area contributed by atoms with Crippen molar-refractivity contribution in [2.45, 2.75) is 73.6 Å². The van der Waals surface area contributed by atoms with Crippen molar-refractivity contribution in [1.29, 1.82) is 0 Å². The van der Waals surface area contributed by atoms with Crippen molar-refractivity contribution in [1.82, 2.24) is 4.98 Å². The van der Waals surface area contributed by atoms with Crippen LogP contribution in [0.2, 0.25) is 0 Å². The van der Waals surface area contributed by atoms with Gasteiger partial charge in [0, 0.05) is 11.6 Å². The van der Waals surface area contributed by atoms with Crippen molar-refractivity contribution >= 4 is 10.9 Å². The molecule has 1 aromatic carbocycles. The highest BCUT2D eigenvalue weighted by Gasteiger charge is 2.08. The third-order valence-corrected chi connectivity index (χ3v) is 3.71. The molecule has 0 spiro atoms. The molecular formula is C23H35N. The smallest absolute Gasteiger partial charge is 0.0702 e. The van der Waals surface area contributed by atoms with Gasteiger partial charge in [0.15, 0.2) is 0 Å². The predicted octanol–water partition coefficient (Wildman–Crippen LogP) is 7.14. The minimum absolute atomic E-state index is 0.422. The Kier molecular flexibility index (Phi) is 8.18. The molecule has 2 rings (SSSR count). The van der Waals surface area contributed by atoms with Gasteiger partial charge in [-0.05, 0) is 60.9 Å². The van der Waals surface area contributed by atoms with E-state index in [4.69, 9.17) is 0 Å². The number of hydrogen-bond acceptors (Lipinski definition) is 1. The Morgan fingerprint density at radius 2 is 1.58 bits per heavy atom. The Bertz CT molecular complexity index is 606. The van der Waals surface area contributed by atoms with Gasteiger partial charge in [-0.25, -0.2) is 0 Å². The average Bonchev–Trinajstić information content (AvgIpc) is 2.45. The van der Waals surface area contributed by atoms with Crippen LogP contribution in [-0.2, 0) is 12.8 Å². The lowest BCUT2D eigenvalue weighted by molar-refractivity contribution is 0.410. The van der Waals surface area contributed by atoms with Crippen molar-refractivity contribution < 1.29 is 0 Å². The highest BCUT2D eigenvalue weighted by molar-refractivity contribution is 5.79. The Morgan fingerprint density at radius 1 is 1.00 bits per heavy atom. The van der Waals surface area contributed by atoms with Gasteiger partial charge in [0.05, 0.1) is 5.52 Å². The molecule has 24 heavy (non-hydrogen) atoms. The topological polar surface area (TPSA) is 12.9 Å². The van der Waals surface area contributed by atoms with E-state index in [1.165, 1.54) is 34.9 Å². The van der Waals surface area contributed by atoms with E-state index in [0.717, 1.165) is 24.8 Å². The molecule has 1 heterocycles. The summed E-state index contributed by atoms with van der Waals surface area (Å²) in [6.45, 7) is 17.0. The van der Waals surface area contributed by atoms with Crippen LogP contribution in [0.15, 0.2) is 42.6 Å². The second-order valence-corrected chi connectivity index (χ2v) is 8.07. The normalized spacial score (nSPS) is 11.1. The molecule has 0 saturated carbocycles. The third-order valence-electron chi connectivity index (χ3n) is 3.71. The van der Waals surface area contributed by atoms with Gasteiger partial charge in [0.1, 0.15) is 0 Å². The van der Waals surface area contributed by atoms with Crippen LogP contribution >= 0.6 is 0 Å². The highest BCUT2D eigenvalue weighted by Crippen LogP contribution is 2.22. The minimum atomic E-state index is 0.422. The molecule has 0 bridgehead atoms. The van der Waals surface area contributed by atoms with E-state index in [1.54, 1.807) is 0 Å². The number of benzene rings is 1. The van der Waals surface area contributed by atoms with Crippen molar-refractivity contribution in [2.24, 2.45) is 5.41 Å². The number of fused-ring (bicyclic) bond motifs is 1. The van der Waals surface area contributed by atoms with Crippen molar-refractivity contribution in [3.05, 3.63) is 53.7 Å². The molecule has 1 heteroatoms. The van der Waals surface area contributed by atoms with Crippen LogP contribution in [0.25, 0.3) is 10.9 Å². The third kappa shape index (κ3) is 7.77. The van der Waals surface area contributed by atoms with Gasteiger partial charge in [-0.15, -0.1) is 6.58 Å². The molecule has 0 radical (unpaired) electrons. The fraction of sp³-hybridized carbons (Fsp3) is 0.522. The molecule has 0 unspecified atom stereocenters. The molecule has 0 aliphatic rings. The molecule has 0 aliphatic heterocycles. The first-order valence-electron chi connectivity index (χ1n) is 9.27. The van der Waals surface area contributed by atoms with Crippen LogP contribution in [0.1, 0.15) is 71.9 Å². The number of rotatable bonds is 5. The van der Waals surface area contributed by atoms with E-state index in [9.17, 15) is 0 Å². The molecular weight excluding hydrogens is 290 g/mol. The van der Waals surface area contributed by atoms with E-state index >= 15 is 0 Å². The second-order valence-electron chi connectivity index (χ2n) is 8.07. The van der Waals surface area contributed by atoms with Gasteiger partial charge in [0.2, 0.25) is 0 Å². The summed E-state index contributed by atoms with van der Waals surface area (Å²) in [5, 5.41) is 1.29. The number of allylic oxidation sites excluding steroid dienone is 1. The summed E-state index contributed by atoms with van der Waals surface area (Å²) >= 11 is 0. The molecule has 0 saturated heterocycles. The van der Waals surface area contributed by atoms with E-state index in [1.807, 2.05) is 6.20 Å². The number of aromatic nitrogens is 1. The van der Waals surface area contributed by atoms with Gasteiger partial charge in [0.25, 0.3) is 0 Å². The van der Waals surface area contributed by atoms with Crippen molar-refractivity contribution in [3.63, 3.8) is 0 Å². The maximum atomic E-state index is 4.50. The standard InChI is InChI=1S/C15H19N.C8H16/c1-3-5-12-7-8-15-14(9-12)10-13(6-4-2)11-16-15;1-7(2)6-8(3,4)5/h7-11H,3-6H2,1-2H3;1,6H2,2-5H3. The Morgan fingerprint density at radius 3 is 2.08 bits per heavy atom. The molecule has 132 valence electrons. The van der Waals surface area contributed by atoms with E-state index in [2.05, 4.69) is 77.4 Å². The largest absolute Gasteiger partial charge is 0.256 e. The lowest BCUT2D eigenvalue weighted by atomic mass is 9.89. The molecule has 0 amide bonds. The summed E-state index contributed by atoms with van der Waals surface area (Å²) < 4.78 is 0. The SMILES string of the molecule is C=C(C)CC(C)(C)C.CCCc1ccc2ncc(CCC)cc2c1. The van der Waals surface area contributed by atoms with Crippen LogP contribution in [0, 0.1) is 5.41 Å². The summed E-state index contributed by atoms with van der Waals surface area (Å²) in [4.78, 5) is 4.50. The van der Waals surface area contributed by atoms with Crippen molar-refractivity contribution in [3.8, 4) is 0 Å². The molecule has 0 atom stereocenters. The van der Waals surface area contributed by atoms with E-state index < -0.39 is 0 Å².